The molecule has 0 bridgehead atoms. The van der Waals surface area contributed by atoms with Crippen molar-refractivity contribution in [3.05, 3.63) is 90.5 Å². The lowest BCUT2D eigenvalue weighted by Crippen LogP contribution is -2.49. The highest BCUT2D eigenvalue weighted by Crippen LogP contribution is 2.38. The van der Waals surface area contributed by atoms with E-state index in [0.717, 1.165) is 38.8 Å². The zero-order chi connectivity index (χ0) is 23.1. The number of hydrogen-bond acceptors (Lipinski definition) is 4. The molecule has 3 aromatic rings. The van der Waals surface area contributed by atoms with Crippen molar-refractivity contribution in [2.24, 2.45) is 5.92 Å². The fourth-order valence-electron chi connectivity index (χ4n) is 4.66. The number of anilines is 1. The highest BCUT2D eigenvalue weighted by Gasteiger charge is 2.35. The number of hydrogen-bond donors (Lipinski definition) is 1. The van der Waals surface area contributed by atoms with E-state index in [9.17, 15) is 8.42 Å². The summed E-state index contributed by atoms with van der Waals surface area (Å²) in [6, 6.07) is 27.0. The lowest BCUT2D eigenvalue weighted by Gasteiger charge is -2.39. The number of ether oxygens (including phenoxy) is 1. The van der Waals surface area contributed by atoms with Crippen LogP contribution in [0.25, 0.3) is 0 Å². The van der Waals surface area contributed by atoms with Gasteiger partial charge in [-0.2, -0.15) is 0 Å². The van der Waals surface area contributed by atoms with Crippen LogP contribution in [-0.2, 0) is 16.4 Å². The lowest BCUT2D eigenvalue weighted by atomic mass is 9.87. The molecular weight excluding hydrogens is 432 g/mol. The summed E-state index contributed by atoms with van der Waals surface area (Å²) in [7, 11) is -3.56. The zero-order valence-electron chi connectivity index (χ0n) is 19.1. The minimum absolute atomic E-state index is 0.173. The molecule has 33 heavy (non-hydrogen) atoms. The molecule has 2 atom stereocenters. The molecule has 5 nitrogen and oxygen atoms in total. The van der Waals surface area contributed by atoms with E-state index in [0.29, 0.717) is 17.2 Å². The first-order valence-corrected chi connectivity index (χ1v) is 13.4. The second-order valence-corrected chi connectivity index (χ2v) is 10.5. The van der Waals surface area contributed by atoms with E-state index in [2.05, 4.69) is 17.4 Å². The second kappa shape index (κ2) is 10.9. The Labute approximate surface area is 197 Å². The third-order valence-corrected chi connectivity index (χ3v) is 7.37. The van der Waals surface area contributed by atoms with Crippen LogP contribution in [0.4, 0.5) is 5.69 Å². The highest BCUT2D eigenvalue weighted by molar-refractivity contribution is 7.92. The number of rotatable bonds is 9. The van der Waals surface area contributed by atoms with Gasteiger partial charge < -0.3 is 10.1 Å². The second-order valence-electron chi connectivity index (χ2n) is 8.64. The largest absolute Gasteiger partial charge is 0.455 e. The molecule has 1 saturated heterocycles. The molecule has 2 unspecified atom stereocenters. The lowest BCUT2D eigenvalue weighted by molar-refractivity contribution is 0.312. The fraction of sp³-hybridized carbons (Fsp3) is 0.333. The van der Waals surface area contributed by atoms with Crippen LogP contribution in [0.1, 0.15) is 24.8 Å². The van der Waals surface area contributed by atoms with E-state index >= 15 is 0 Å². The SMILES string of the molecule is CS(=O)(=O)N(c1ccccc1Oc1ccccc1)C(CCc1ccccc1)C1CCCNC1. The molecule has 0 radical (unpaired) electrons. The van der Waals surface area contributed by atoms with Gasteiger partial charge in [-0.3, -0.25) is 4.31 Å². The van der Waals surface area contributed by atoms with E-state index in [1.54, 1.807) is 4.31 Å². The van der Waals surface area contributed by atoms with Gasteiger partial charge >= 0.3 is 0 Å². The van der Waals surface area contributed by atoms with Gasteiger partial charge in [-0.25, -0.2) is 8.42 Å². The number of nitrogens with zero attached hydrogens (tertiary/aromatic N) is 1. The van der Waals surface area contributed by atoms with Gasteiger partial charge in [0.1, 0.15) is 5.75 Å². The quantitative estimate of drug-likeness (QED) is 0.470. The molecule has 0 amide bonds. The average molecular weight is 465 g/mol. The summed E-state index contributed by atoms with van der Waals surface area (Å²) in [4.78, 5) is 0. The van der Waals surface area contributed by atoms with Crippen LogP contribution in [0.15, 0.2) is 84.9 Å². The molecule has 174 valence electrons. The number of aryl methyl sites for hydroxylation is 1. The Kier molecular flexibility index (Phi) is 7.68. The number of sulfonamides is 1. The van der Waals surface area contributed by atoms with Crippen molar-refractivity contribution in [3.8, 4) is 11.5 Å². The number of para-hydroxylation sites is 3. The maximum absolute atomic E-state index is 13.3. The molecule has 1 heterocycles. The number of nitrogens with one attached hydrogen (secondary N) is 1. The van der Waals surface area contributed by atoms with Crippen LogP contribution in [0.5, 0.6) is 11.5 Å². The molecule has 0 spiro atoms. The van der Waals surface area contributed by atoms with Crippen LogP contribution in [0.3, 0.4) is 0 Å². The van der Waals surface area contributed by atoms with Crippen molar-refractivity contribution >= 4 is 15.7 Å². The molecular formula is C27H32N2O3S. The molecule has 4 rings (SSSR count). The Hall–Kier alpha value is -2.83. The van der Waals surface area contributed by atoms with Gasteiger partial charge in [0.15, 0.2) is 5.75 Å². The van der Waals surface area contributed by atoms with E-state index in [-0.39, 0.29) is 12.0 Å². The first kappa shape index (κ1) is 23.3. The Morgan fingerprint density at radius 3 is 2.30 bits per heavy atom. The summed E-state index contributed by atoms with van der Waals surface area (Å²) in [5.74, 6) is 1.45. The van der Waals surface area contributed by atoms with Gasteiger partial charge in [-0.1, -0.05) is 60.7 Å². The van der Waals surface area contributed by atoms with Gasteiger partial charge in [0.2, 0.25) is 10.0 Å². The fourth-order valence-corrected chi connectivity index (χ4v) is 5.93. The standard InChI is InChI=1S/C27H32N2O3S/c1-33(30,31)29(26-16-8-9-17-27(26)32-24-14-6-3-7-15-24)25(23-13-10-20-28-21-23)19-18-22-11-4-2-5-12-22/h2-9,11-12,14-17,23,25,28H,10,13,18-21H2,1H3. The number of piperidine rings is 1. The van der Waals surface area contributed by atoms with Crippen molar-refractivity contribution in [2.45, 2.75) is 31.7 Å². The molecule has 1 fully saturated rings. The van der Waals surface area contributed by atoms with Crippen LogP contribution < -0.4 is 14.4 Å². The van der Waals surface area contributed by atoms with E-state index in [4.69, 9.17) is 4.74 Å². The van der Waals surface area contributed by atoms with Gasteiger partial charge in [0, 0.05) is 6.04 Å². The maximum Gasteiger partial charge on any atom is 0.232 e. The minimum Gasteiger partial charge on any atom is -0.455 e. The topological polar surface area (TPSA) is 58.6 Å². The Morgan fingerprint density at radius 2 is 1.64 bits per heavy atom. The number of benzene rings is 3. The predicted octanol–water partition coefficient (Wildman–Crippen LogP) is 5.25. The van der Waals surface area contributed by atoms with Crippen molar-refractivity contribution in [1.82, 2.24) is 5.32 Å². The summed E-state index contributed by atoms with van der Waals surface area (Å²) in [5, 5.41) is 3.47. The third kappa shape index (κ3) is 6.15. The van der Waals surface area contributed by atoms with Crippen LogP contribution in [-0.4, -0.2) is 33.8 Å². The summed E-state index contributed by atoms with van der Waals surface area (Å²) >= 11 is 0. The van der Waals surface area contributed by atoms with Crippen molar-refractivity contribution in [2.75, 3.05) is 23.7 Å². The van der Waals surface area contributed by atoms with Crippen LogP contribution >= 0.6 is 0 Å². The van der Waals surface area contributed by atoms with Crippen molar-refractivity contribution in [1.29, 1.82) is 0 Å². The monoisotopic (exact) mass is 464 g/mol. The van der Waals surface area contributed by atoms with Gasteiger partial charge in [0.05, 0.1) is 11.9 Å². The summed E-state index contributed by atoms with van der Waals surface area (Å²) in [6.07, 6.45) is 4.91. The zero-order valence-corrected chi connectivity index (χ0v) is 19.9. The summed E-state index contributed by atoms with van der Waals surface area (Å²) in [6.45, 7) is 1.79. The molecule has 1 aliphatic heterocycles. The van der Waals surface area contributed by atoms with Gasteiger partial charge in [-0.05, 0) is 74.5 Å². The van der Waals surface area contributed by atoms with Crippen molar-refractivity contribution < 1.29 is 13.2 Å². The summed E-state index contributed by atoms with van der Waals surface area (Å²) in [5.41, 5.74) is 1.81. The van der Waals surface area contributed by atoms with E-state index in [1.807, 2.05) is 72.8 Å². The first-order valence-electron chi connectivity index (χ1n) is 11.6. The first-order chi connectivity index (χ1) is 16.0. The molecule has 3 aromatic carbocycles. The normalized spacial score (nSPS) is 17.3. The van der Waals surface area contributed by atoms with Gasteiger partial charge in [0.25, 0.3) is 0 Å². The minimum atomic E-state index is -3.56. The molecule has 0 aromatic heterocycles. The highest BCUT2D eigenvalue weighted by atomic mass is 32.2. The van der Waals surface area contributed by atoms with Crippen molar-refractivity contribution in [3.63, 3.8) is 0 Å². The van der Waals surface area contributed by atoms with Gasteiger partial charge in [-0.15, -0.1) is 0 Å². The Balaban J connectivity index is 1.71. The molecule has 6 heteroatoms. The molecule has 1 N–H and O–H groups in total. The average Bonchev–Trinajstić information content (AvgIpc) is 2.83. The van der Waals surface area contributed by atoms with E-state index in [1.165, 1.54) is 11.8 Å². The molecule has 0 aliphatic carbocycles. The molecule has 0 saturated carbocycles. The van der Waals surface area contributed by atoms with Crippen LogP contribution in [0, 0.1) is 5.92 Å². The Morgan fingerprint density at radius 1 is 0.970 bits per heavy atom. The summed E-state index contributed by atoms with van der Waals surface area (Å²) < 4.78 is 34.3. The van der Waals surface area contributed by atoms with Crippen LogP contribution in [0.2, 0.25) is 0 Å². The maximum atomic E-state index is 13.3. The molecule has 1 aliphatic rings. The van der Waals surface area contributed by atoms with E-state index < -0.39 is 10.0 Å². The predicted molar refractivity (Wildman–Crippen MR) is 134 cm³/mol. The smallest absolute Gasteiger partial charge is 0.232 e. The Bertz CT molecular complexity index is 1110. The third-order valence-electron chi connectivity index (χ3n) is 6.18.